The largest absolute Gasteiger partial charge is 0.480 e. The molecule has 5 nitrogen and oxygen atoms in total. The molecule has 0 aromatic heterocycles. The number of benzene rings is 2. The fraction of sp³-hybridized carbons (Fsp3) is 0.462. The van der Waals surface area contributed by atoms with Gasteiger partial charge in [0.2, 0.25) is 0 Å². The van der Waals surface area contributed by atoms with Crippen molar-refractivity contribution in [3.8, 4) is 0 Å². The highest BCUT2D eigenvalue weighted by Crippen LogP contribution is 2.40. The van der Waals surface area contributed by atoms with Crippen molar-refractivity contribution < 1.29 is 23.8 Å². The number of carboxylic acid groups (broad SMARTS) is 1. The maximum Gasteiger partial charge on any atom is 0.408 e. The summed E-state index contributed by atoms with van der Waals surface area (Å²) in [5.74, 6) is -1.28. The maximum absolute atomic E-state index is 14.0. The van der Waals surface area contributed by atoms with Crippen molar-refractivity contribution in [2.24, 2.45) is 5.92 Å². The third-order valence-electron chi connectivity index (χ3n) is 6.48. The molecular weight excluding hydrogens is 445 g/mol. The molecule has 178 valence electrons. The van der Waals surface area contributed by atoms with Crippen LogP contribution >= 0.6 is 11.6 Å². The van der Waals surface area contributed by atoms with Crippen LogP contribution in [-0.2, 0) is 14.9 Å². The summed E-state index contributed by atoms with van der Waals surface area (Å²) in [6, 6.07) is 12.0. The molecule has 33 heavy (non-hydrogen) atoms. The van der Waals surface area contributed by atoms with Gasteiger partial charge in [0.25, 0.3) is 0 Å². The van der Waals surface area contributed by atoms with Gasteiger partial charge in [0.1, 0.15) is 18.0 Å². The molecule has 0 radical (unpaired) electrons. The topological polar surface area (TPSA) is 75.6 Å². The molecule has 2 N–H and O–H groups in total. The molecular formula is C26H31ClFNO4. The van der Waals surface area contributed by atoms with Crippen LogP contribution in [0.1, 0.15) is 69.6 Å². The first-order valence-electron chi connectivity index (χ1n) is 11.4. The van der Waals surface area contributed by atoms with Gasteiger partial charge >= 0.3 is 12.1 Å². The highest BCUT2D eigenvalue weighted by atomic mass is 35.5. The third-order valence-corrected chi connectivity index (χ3v) is 6.72. The van der Waals surface area contributed by atoms with Crippen LogP contribution in [0.2, 0.25) is 5.02 Å². The van der Waals surface area contributed by atoms with Crippen LogP contribution in [0.4, 0.5) is 9.18 Å². The van der Waals surface area contributed by atoms with Crippen molar-refractivity contribution in [2.75, 3.05) is 0 Å². The van der Waals surface area contributed by atoms with Crippen LogP contribution in [0.3, 0.4) is 0 Å². The van der Waals surface area contributed by atoms with Crippen LogP contribution in [0.25, 0.3) is 0 Å². The van der Waals surface area contributed by atoms with Crippen molar-refractivity contribution >= 4 is 23.7 Å². The zero-order chi connectivity index (χ0) is 24.0. The van der Waals surface area contributed by atoms with Gasteiger partial charge in [-0.25, -0.2) is 14.0 Å². The van der Waals surface area contributed by atoms with E-state index in [9.17, 15) is 19.1 Å². The zero-order valence-corrected chi connectivity index (χ0v) is 19.8. The molecule has 0 aliphatic heterocycles. The minimum absolute atomic E-state index is 0.266. The molecule has 3 rings (SSSR count). The van der Waals surface area contributed by atoms with E-state index < -0.39 is 35.4 Å². The van der Waals surface area contributed by atoms with Crippen LogP contribution in [0.5, 0.6) is 0 Å². The molecule has 0 spiro atoms. The predicted molar refractivity (Wildman–Crippen MR) is 126 cm³/mol. The van der Waals surface area contributed by atoms with Crippen molar-refractivity contribution in [3.05, 3.63) is 70.5 Å². The lowest BCUT2D eigenvalue weighted by Crippen LogP contribution is -2.44. The first-order chi connectivity index (χ1) is 15.7. The molecule has 1 fully saturated rings. The van der Waals surface area contributed by atoms with Crippen molar-refractivity contribution in [1.82, 2.24) is 5.32 Å². The number of nitrogens with one attached hydrogen (secondary N) is 1. The van der Waals surface area contributed by atoms with E-state index >= 15 is 0 Å². The monoisotopic (exact) mass is 475 g/mol. The van der Waals surface area contributed by atoms with Gasteiger partial charge in [-0.2, -0.15) is 0 Å². The Morgan fingerprint density at radius 1 is 1.15 bits per heavy atom. The Hall–Kier alpha value is -2.60. The van der Waals surface area contributed by atoms with Crippen LogP contribution in [0.15, 0.2) is 48.5 Å². The van der Waals surface area contributed by atoms with Crippen molar-refractivity contribution in [1.29, 1.82) is 0 Å². The Kier molecular flexibility index (Phi) is 8.35. The number of carboxylic acids is 1. The van der Waals surface area contributed by atoms with Gasteiger partial charge in [0, 0.05) is 10.4 Å². The number of hydrogen-bond donors (Lipinski definition) is 2. The minimum atomic E-state index is -1.09. The first-order valence-corrected chi connectivity index (χ1v) is 11.8. The van der Waals surface area contributed by atoms with Crippen molar-refractivity contribution in [3.63, 3.8) is 0 Å². The predicted octanol–water partition coefficient (Wildman–Crippen LogP) is 6.65. The summed E-state index contributed by atoms with van der Waals surface area (Å²) >= 11 is 6.18. The molecule has 1 aliphatic carbocycles. The summed E-state index contributed by atoms with van der Waals surface area (Å²) in [6.45, 7) is 3.75. The molecule has 2 aromatic rings. The van der Waals surface area contributed by atoms with E-state index in [1.165, 1.54) is 12.1 Å². The van der Waals surface area contributed by atoms with E-state index in [0.29, 0.717) is 17.0 Å². The number of rotatable bonds is 8. The Morgan fingerprint density at radius 3 is 2.48 bits per heavy atom. The molecule has 0 bridgehead atoms. The fourth-order valence-corrected chi connectivity index (χ4v) is 4.79. The van der Waals surface area contributed by atoms with Crippen LogP contribution < -0.4 is 5.32 Å². The SMILES string of the molecule is CC(C)(c1cccc(Cl)c1)C(OC(=O)N[C@@H](CC1CCCCC1)C(=O)O)c1cccc(F)c1. The van der Waals surface area contributed by atoms with E-state index in [4.69, 9.17) is 16.3 Å². The number of carbonyl (C=O) groups is 2. The lowest BCUT2D eigenvalue weighted by Gasteiger charge is -2.35. The minimum Gasteiger partial charge on any atom is -0.480 e. The number of carbonyl (C=O) groups excluding carboxylic acids is 1. The quantitative estimate of drug-likeness (QED) is 0.448. The van der Waals surface area contributed by atoms with Crippen LogP contribution in [0, 0.1) is 11.7 Å². The number of halogens is 2. The van der Waals surface area contributed by atoms with Gasteiger partial charge in [0.15, 0.2) is 0 Å². The Labute approximate surface area is 199 Å². The first kappa shape index (κ1) is 25.0. The molecule has 2 atom stereocenters. The number of aliphatic carboxylic acids is 1. The van der Waals surface area contributed by atoms with E-state index in [2.05, 4.69) is 5.32 Å². The molecule has 2 aromatic carbocycles. The standard InChI is InChI=1S/C26H31ClFNO4/c1-26(2,19-11-7-12-20(27)16-19)23(18-10-6-13-21(28)15-18)33-25(32)29-22(24(30)31)14-17-8-4-3-5-9-17/h6-7,10-13,15-17,22-23H,3-5,8-9,14H2,1-2H3,(H,29,32)(H,30,31)/t22-,23?/m0/s1. The van der Waals surface area contributed by atoms with E-state index in [1.807, 2.05) is 19.9 Å². The fourth-order valence-electron chi connectivity index (χ4n) is 4.60. The Morgan fingerprint density at radius 2 is 1.85 bits per heavy atom. The normalized spacial score (nSPS) is 16.6. The summed E-state index contributed by atoms with van der Waals surface area (Å²) in [5.41, 5.74) is 0.487. The lowest BCUT2D eigenvalue weighted by molar-refractivity contribution is -0.140. The van der Waals surface area contributed by atoms with Gasteiger partial charge in [-0.05, 0) is 47.7 Å². The Balaban J connectivity index is 1.83. The summed E-state index contributed by atoms with van der Waals surface area (Å²) in [7, 11) is 0. The second-order valence-corrected chi connectivity index (χ2v) is 9.78. The van der Waals surface area contributed by atoms with E-state index in [1.54, 1.807) is 30.3 Å². The highest BCUT2D eigenvalue weighted by molar-refractivity contribution is 6.30. The average Bonchev–Trinajstić information content (AvgIpc) is 2.77. The molecule has 1 saturated carbocycles. The van der Waals surface area contributed by atoms with E-state index in [-0.39, 0.29) is 5.92 Å². The summed E-state index contributed by atoms with van der Waals surface area (Å²) in [4.78, 5) is 24.7. The second-order valence-electron chi connectivity index (χ2n) is 9.35. The van der Waals surface area contributed by atoms with Gasteiger partial charge in [0.05, 0.1) is 0 Å². The van der Waals surface area contributed by atoms with Crippen molar-refractivity contribution in [2.45, 2.75) is 69.9 Å². The molecule has 1 unspecified atom stereocenters. The molecule has 0 heterocycles. The van der Waals surface area contributed by atoms with Gasteiger partial charge < -0.3 is 15.2 Å². The van der Waals surface area contributed by atoms with E-state index in [0.717, 1.165) is 37.7 Å². The number of amides is 1. The van der Waals surface area contributed by atoms with Gasteiger partial charge in [-0.1, -0.05) is 81.8 Å². The van der Waals surface area contributed by atoms with Gasteiger partial charge in [-0.15, -0.1) is 0 Å². The molecule has 1 aliphatic rings. The third kappa shape index (κ3) is 6.70. The maximum atomic E-state index is 14.0. The lowest BCUT2D eigenvalue weighted by atomic mass is 9.76. The molecule has 7 heteroatoms. The zero-order valence-electron chi connectivity index (χ0n) is 19.0. The Bertz CT molecular complexity index is 974. The smallest absolute Gasteiger partial charge is 0.408 e. The number of ether oxygens (including phenoxy) is 1. The summed E-state index contributed by atoms with van der Waals surface area (Å²) in [5, 5.41) is 12.7. The van der Waals surface area contributed by atoms with Crippen LogP contribution in [-0.4, -0.2) is 23.2 Å². The van der Waals surface area contributed by atoms with Gasteiger partial charge in [-0.3, -0.25) is 0 Å². The number of hydrogen-bond acceptors (Lipinski definition) is 3. The molecule has 1 amide bonds. The summed E-state index contributed by atoms with van der Waals surface area (Å²) < 4.78 is 19.8. The number of alkyl carbamates (subject to hydrolysis) is 1. The molecule has 0 saturated heterocycles. The highest BCUT2D eigenvalue weighted by Gasteiger charge is 2.37. The average molecular weight is 476 g/mol. The summed E-state index contributed by atoms with van der Waals surface area (Å²) in [6.07, 6.45) is 3.90. The second kappa shape index (κ2) is 11.0.